The highest BCUT2D eigenvalue weighted by Gasteiger charge is 2.30. The molecule has 2 heterocycles. The molecule has 0 aliphatic carbocycles. The summed E-state index contributed by atoms with van der Waals surface area (Å²) in [5.41, 5.74) is 0. The highest BCUT2D eigenvalue weighted by molar-refractivity contribution is 5.02. The van der Waals surface area contributed by atoms with E-state index in [2.05, 4.69) is 27.4 Å². The SMILES string of the molecule is CCNC1COCC1c1ncn[nH]1. The first-order valence-corrected chi connectivity index (χ1v) is 4.58. The van der Waals surface area contributed by atoms with Crippen LogP contribution in [0.15, 0.2) is 6.33 Å². The third-order valence-electron chi connectivity index (χ3n) is 2.33. The van der Waals surface area contributed by atoms with Crippen LogP contribution in [0.3, 0.4) is 0 Å². The molecule has 5 heteroatoms. The number of hydrogen-bond donors (Lipinski definition) is 2. The zero-order valence-electron chi connectivity index (χ0n) is 7.66. The van der Waals surface area contributed by atoms with Crippen LogP contribution in [0, 0.1) is 0 Å². The van der Waals surface area contributed by atoms with Crippen LogP contribution in [0.5, 0.6) is 0 Å². The molecule has 1 aliphatic rings. The van der Waals surface area contributed by atoms with Crippen molar-refractivity contribution in [1.82, 2.24) is 20.5 Å². The molecule has 0 aromatic carbocycles. The highest BCUT2D eigenvalue weighted by atomic mass is 16.5. The summed E-state index contributed by atoms with van der Waals surface area (Å²) < 4.78 is 5.40. The Morgan fingerprint density at radius 1 is 1.69 bits per heavy atom. The molecule has 2 N–H and O–H groups in total. The summed E-state index contributed by atoms with van der Waals surface area (Å²) in [7, 11) is 0. The molecule has 0 saturated carbocycles. The van der Waals surface area contributed by atoms with Gasteiger partial charge in [-0.05, 0) is 6.54 Å². The largest absolute Gasteiger partial charge is 0.379 e. The number of H-pyrrole nitrogens is 1. The summed E-state index contributed by atoms with van der Waals surface area (Å²) in [6.07, 6.45) is 1.54. The average Bonchev–Trinajstić information content (AvgIpc) is 2.71. The molecule has 13 heavy (non-hydrogen) atoms. The first-order valence-electron chi connectivity index (χ1n) is 4.58. The van der Waals surface area contributed by atoms with Gasteiger partial charge in [0, 0.05) is 6.04 Å². The van der Waals surface area contributed by atoms with Crippen molar-refractivity contribution in [2.24, 2.45) is 0 Å². The van der Waals surface area contributed by atoms with E-state index < -0.39 is 0 Å². The number of ether oxygens (including phenoxy) is 1. The van der Waals surface area contributed by atoms with Gasteiger partial charge in [-0.1, -0.05) is 6.92 Å². The predicted molar refractivity (Wildman–Crippen MR) is 47.4 cm³/mol. The number of aromatic amines is 1. The molecule has 0 bridgehead atoms. The van der Waals surface area contributed by atoms with Gasteiger partial charge in [0.1, 0.15) is 12.2 Å². The summed E-state index contributed by atoms with van der Waals surface area (Å²) in [6, 6.07) is 0.373. The van der Waals surface area contributed by atoms with E-state index in [0.29, 0.717) is 12.0 Å². The molecular weight excluding hydrogens is 168 g/mol. The molecule has 1 aliphatic heterocycles. The predicted octanol–water partition coefficient (Wildman–Crippen LogP) is -0.103. The summed E-state index contributed by atoms with van der Waals surface area (Å²) in [4.78, 5) is 4.14. The van der Waals surface area contributed by atoms with E-state index in [9.17, 15) is 0 Å². The first kappa shape index (κ1) is 8.65. The number of rotatable bonds is 3. The fraction of sp³-hybridized carbons (Fsp3) is 0.750. The lowest BCUT2D eigenvalue weighted by Gasteiger charge is -2.15. The third kappa shape index (κ3) is 1.71. The Kier molecular flexibility index (Phi) is 2.56. The van der Waals surface area contributed by atoms with Gasteiger partial charge in [0.2, 0.25) is 0 Å². The van der Waals surface area contributed by atoms with E-state index >= 15 is 0 Å². The maximum atomic E-state index is 5.40. The lowest BCUT2D eigenvalue weighted by molar-refractivity contribution is 0.187. The Morgan fingerprint density at radius 2 is 2.62 bits per heavy atom. The second-order valence-corrected chi connectivity index (χ2v) is 3.18. The first-order chi connectivity index (χ1) is 6.42. The molecule has 72 valence electrons. The topological polar surface area (TPSA) is 62.8 Å². The summed E-state index contributed by atoms with van der Waals surface area (Å²) in [5.74, 6) is 1.24. The van der Waals surface area contributed by atoms with Crippen molar-refractivity contribution in [3.05, 3.63) is 12.2 Å². The fourth-order valence-corrected chi connectivity index (χ4v) is 1.68. The van der Waals surface area contributed by atoms with Crippen molar-refractivity contribution in [3.8, 4) is 0 Å². The quantitative estimate of drug-likeness (QED) is 0.685. The second kappa shape index (κ2) is 3.85. The molecule has 0 radical (unpaired) electrons. The zero-order chi connectivity index (χ0) is 9.10. The van der Waals surface area contributed by atoms with Crippen molar-refractivity contribution in [1.29, 1.82) is 0 Å². The van der Waals surface area contributed by atoms with Crippen LogP contribution in [0.1, 0.15) is 18.7 Å². The standard InChI is InChI=1S/C8H14N4O/c1-2-9-7-4-13-3-6(7)8-10-5-11-12-8/h5-7,9H,2-4H2,1H3,(H,10,11,12). The number of nitrogens with zero attached hydrogens (tertiary/aromatic N) is 2. The van der Waals surface area contributed by atoms with Crippen LogP contribution in [0.25, 0.3) is 0 Å². The van der Waals surface area contributed by atoms with Gasteiger partial charge in [-0.3, -0.25) is 5.10 Å². The van der Waals surface area contributed by atoms with E-state index in [1.165, 1.54) is 6.33 Å². The maximum Gasteiger partial charge on any atom is 0.137 e. The van der Waals surface area contributed by atoms with Crippen molar-refractivity contribution < 1.29 is 4.74 Å². The van der Waals surface area contributed by atoms with Gasteiger partial charge in [0.25, 0.3) is 0 Å². The van der Waals surface area contributed by atoms with Gasteiger partial charge in [0.15, 0.2) is 0 Å². The van der Waals surface area contributed by atoms with E-state index in [1.807, 2.05) is 0 Å². The van der Waals surface area contributed by atoms with E-state index in [-0.39, 0.29) is 0 Å². The van der Waals surface area contributed by atoms with Crippen molar-refractivity contribution in [2.75, 3.05) is 19.8 Å². The van der Waals surface area contributed by atoms with E-state index in [1.54, 1.807) is 0 Å². The molecule has 1 saturated heterocycles. The molecular formula is C8H14N4O. The second-order valence-electron chi connectivity index (χ2n) is 3.18. The van der Waals surface area contributed by atoms with Gasteiger partial charge in [0.05, 0.1) is 19.1 Å². The molecule has 2 unspecified atom stereocenters. The van der Waals surface area contributed by atoms with Crippen LogP contribution in [-0.2, 0) is 4.74 Å². The molecule has 0 spiro atoms. The monoisotopic (exact) mass is 182 g/mol. The van der Waals surface area contributed by atoms with Crippen LogP contribution in [0.2, 0.25) is 0 Å². The van der Waals surface area contributed by atoms with Gasteiger partial charge in [-0.25, -0.2) is 4.98 Å². The number of likely N-dealkylation sites (N-methyl/N-ethyl adjacent to an activating group) is 1. The van der Waals surface area contributed by atoms with Gasteiger partial charge in [-0.15, -0.1) is 0 Å². The minimum atomic E-state index is 0.322. The van der Waals surface area contributed by atoms with Crippen molar-refractivity contribution >= 4 is 0 Å². The zero-order valence-corrected chi connectivity index (χ0v) is 7.66. The Hall–Kier alpha value is -0.940. The molecule has 2 atom stereocenters. The van der Waals surface area contributed by atoms with Gasteiger partial charge < -0.3 is 10.1 Å². The maximum absolute atomic E-state index is 5.40. The summed E-state index contributed by atoms with van der Waals surface area (Å²) >= 11 is 0. The number of hydrogen-bond acceptors (Lipinski definition) is 4. The van der Waals surface area contributed by atoms with Crippen LogP contribution >= 0.6 is 0 Å². The third-order valence-corrected chi connectivity index (χ3v) is 2.33. The Balaban J connectivity index is 2.05. The van der Waals surface area contributed by atoms with Gasteiger partial charge >= 0.3 is 0 Å². The highest BCUT2D eigenvalue weighted by Crippen LogP contribution is 2.21. The minimum Gasteiger partial charge on any atom is -0.379 e. The smallest absolute Gasteiger partial charge is 0.137 e. The van der Waals surface area contributed by atoms with Crippen LogP contribution in [0.4, 0.5) is 0 Å². The van der Waals surface area contributed by atoms with Crippen molar-refractivity contribution in [3.63, 3.8) is 0 Å². The van der Waals surface area contributed by atoms with Crippen LogP contribution in [-0.4, -0.2) is 41.0 Å². The molecule has 1 fully saturated rings. The minimum absolute atomic E-state index is 0.322. The summed E-state index contributed by atoms with van der Waals surface area (Å²) in [6.45, 7) is 4.54. The Bertz CT molecular complexity index is 249. The molecule has 0 amide bonds. The molecule has 1 aromatic heterocycles. The molecule has 1 aromatic rings. The summed E-state index contributed by atoms with van der Waals surface area (Å²) in [5, 5.41) is 10.1. The number of aromatic nitrogens is 3. The van der Waals surface area contributed by atoms with Gasteiger partial charge in [-0.2, -0.15) is 5.10 Å². The molecule has 2 rings (SSSR count). The average molecular weight is 182 g/mol. The Morgan fingerprint density at radius 3 is 3.31 bits per heavy atom. The fourth-order valence-electron chi connectivity index (χ4n) is 1.68. The van der Waals surface area contributed by atoms with E-state index in [4.69, 9.17) is 4.74 Å². The van der Waals surface area contributed by atoms with E-state index in [0.717, 1.165) is 25.6 Å². The Labute approximate surface area is 76.9 Å². The lowest BCUT2D eigenvalue weighted by Crippen LogP contribution is -2.34. The lowest BCUT2D eigenvalue weighted by atomic mass is 10.0. The van der Waals surface area contributed by atoms with Crippen molar-refractivity contribution in [2.45, 2.75) is 18.9 Å². The normalized spacial score (nSPS) is 28.1. The number of nitrogens with one attached hydrogen (secondary N) is 2. The van der Waals surface area contributed by atoms with Crippen LogP contribution < -0.4 is 5.32 Å². The molecule has 5 nitrogen and oxygen atoms in total.